The minimum atomic E-state index is -3.83. The van der Waals surface area contributed by atoms with Crippen LogP contribution in [-0.2, 0) is 15.1 Å². The molecule has 0 saturated carbocycles. The van der Waals surface area contributed by atoms with Gasteiger partial charge in [-0.15, -0.1) is 0 Å². The highest BCUT2D eigenvalue weighted by Gasteiger charge is 2.60. The number of hydrogen-bond donors (Lipinski definition) is 1. The molecule has 1 heterocycles. The Kier molecular flexibility index (Phi) is 4.02. The van der Waals surface area contributed by atoms with E-state index in [2.05, 4.69) is 20.7 Å². The number of benzene rings is 1. The molecule has 110 valence electrons. The van der Waals surface area contributed by atoms with Crippen LogP contribution in [0.5, 0.6) is 5.75 Å². The highest BCUT2D eigenvalue weighted by Crippen LogP contribution is 2.46. The molecule has 1 aromatic carbocycles. The Morgan fingerprint density at radius 3 is 2.95 bits per heavy atom. The first kappa shape index (κ1) is 15.2. The van der Waals surface area contributed by atoms with Crippen molar-refractivity contribution < 1.29 is 23.0 Å². The van der Waals surface area contributed by atoms with Crippen molar-refractivity contribution >= 4 is 21.9 Å². The molecule has 2 rings (SSSR count). The highest BCUT2D eigenvalue weighted by atomic mass is 79.9. The molecule has 1 aliphatic heterocycles. The zero-order valence-corrected chi connectivity index (χ0v) is 12.4. The normalized spacial score (nSPS) is 21.9. The van der Waals surface area contributed by atoms with E-state index < -0.39 is 17.4 Å². The van der Waals surface area contributed by atoms with Gasteiger partial charge in [-0.2, -0.15) is 8.78 Å². The molecule has 1 atom stereocenters. The van der Waals surface area contributed by atoms with E-state index in [1.807, 2.05) is 0 Å². The monoisotopic (exact) mass is 349 g/mol. The number of halogens is 3. The zero-order chi connectivity index (χ0) is 15.0. The first-order valence-electron chi connectivity index (χ1n) is 6.09. The Morgan fingerprint density at radius 1 is 1.60 bits per heavy atom. The maximum Gasteiger partial charge on any atom is 0.379 e. The summed E-state index contributed by atoms with van der Waals surface area (Å²) in [4.78, 5) is 11.6. The smallest absolute Gasteiger partial charge is 0.379 e. The molecule has 0 radical (unpaired) electrons. The second-order valence-corrected chi connectivity index (χ2v) is 5.42. The van der Waals surface area contributed by atoms with Crippen molar-refractivity contribution in [3.05, 3.63) is 28.2 Å². The lowest BCUT2D eigenvalue weighted by Crippen LogP contribution is -2.59. The third-order valence-corrected chi connectivity index (χ3v) is 3.76. The van der Waals surface area contributed by atoms with Crippen molar-refractivity contribution in [1.29, 1.82) is 0 Å². The molecular weight excluding hydrogens is 336 g/mol. The van der Waals surface area contributed by atoms with E-state index in [4.69, 9.17) is 10.5 Å². The van der Waals surface area contributed by atoms with E-state index in [9.17, 15) is 13.6 Å². The molecule has 0 fully saturated rings. The van der Waals surface area contributed by atoms with E-state index in [-0.39, 0.29) is 30.9 Å². The van der Waals surface area contributed by atoms with Crippen LogP contribution in [0.25, 0.3) is 0 Å². The van der Waals surface area contributed by atoms with Crippen molar-refractivity contribution in [2.45, 2.75) is 24.8 Å². The van der Waals surface area contributed by atoms with Gasteiger partial charge in [-0.25, -0.2) is 4.79 Å². The van der Waals surface area contributed by atoms with Gasteiger partial charge in [-0.1, -0.05) is 15.9 Å². The second kappa shape index (κ2) is 5.29. The maximum atomic E-state index is 14.4. The molecule has 0 bridgehead atoms. The predicted octanol–water partition coefficient (Wildman–Crippen LogP) is 2.58. The molecule has 20 heavy (non-hydrogen) atoms. The number of rotatable bonds is 3. The van der Waals surface area contributed by atoms with Gasteiger partial charge in [-0.3, -0.25) is 0 Å². The summed E-state index contributed by atoms with van der Waals surface area (Å²) in [6, 6.07) is 4.65. The molecular formula is C13H14BrF2NO3. The van der Waals surface area contributed by atoms with Gasteiger partial charge in [0.2, 0.25) is 0 Å². The van der Waals surface area contributed by atoms with Crippen molar-refractivity contribution in [3.8, 4) is 5.75 Å². The van der Waals surface area contributed by atoms with E-state index in [0.29, 0.717) is 4.47 Å². The average molecular weight is 350 g/mol. The predicted molar refractivity (Wildman–Crippen MR) is 71.7 cm³/mol. The van der Waals surface area contributed by atoms with Crippen LogP contribution in [0.2, 0.25) is 0 Å². The molecule has 0 spiro atoms. The lowest BCUT2D eigenvalue weighted by molar-refractivity contribution is -0.185. The number of carbonyl (C=O) groups excluding carboxylic acids is 1. The minimum absolute atomic E-state index is 0.0140. The summed E-state index contributed by atoms with van der Waals surface area (Å²) < 4.78 is 39.2. The van der Waals surface area contributed by atoms with Gasteiger partial charge >= 0.3 is 11.9 Å². The SMILES string of the molecule is CCOC(=O)C(F)(F)[C@@]1(N)CCOc2ccc(Br)cc21. The van der Waals surface area contributed by atoms with Crippen LogP contribution >= 0.6 is 15.9 Å². The number of nitrogens with two attached hydrogens (primary N) is 1. The number of ether oxygens (including phenoxy) is 2. The first-order valence-corrected chi connectivity index (χ1v) is 6.89. The van der Waals surface area contributed by atoms with Gasteiger partial charge in [0.25, 0.3) is 0 Å². The molecule has 2 N–H and O–H groups in total. The summed E-state index contributed by atoms with van der Waals surface area (Å²) in [5.74, 6) is -5.19. The molecule has 1 aliphatic rings. The third kappa shape index (κ3) is 2.29. The van der Waals surface area contributed by atoms with Crippen LogP contribution < -0.4 is 10.5 Å². The summed E-state index contributed by atoms with van der Waals surface area (Å²) in [5, 5.41) is 0. The summed E-state index contributed by atoms with van der Waals surface area (Å²) in [6.07, 6.45) is -0.178. The van der Waals surface area contributed by atoms with E-state index in [1.54, 1.807) is 12.1 Å². The summed E-state index contributed by atoms with van der Waals surface area (Å²) >= 11 is 3.20. The minimum Gasteiger partial charge on any atom is -0.493 e. The fourth-order valence-corrected chi connectivity index (χ4v) is 2.52. The molecule has 0 saturated heterocycles. The fraction of sp³-hybridized carbons (Fsp3) is 0.462. The third-order valence-electron chi connectivity index (χ3n) is 3.27. The van der Waals surface area contributed by atoms with Crippen LogP contribution in [0.4, 0.5) is 8.78 Å². The first-order chi connectivity index (χ1) is 9.33. The molecule has 0 aromatic heterocycles. The highest BCUT2D eigenvalue weighted by molar-refractivity contribution is 9.10. The summed E-state index contributed by atoms with van der Waals surface area (Å²) in [7, 11) is 0. The summed E-state index contributed by atoms with van der Waals surface area (Å²) in [5.41, 5.74) is 3.85. The standard InChI is InChI=1S/C13H14BrF2NO3/c1-2-19-11(18)13(15,16)12(17)5-6-20-10-4-3-8(14)7-9(10)12/h3-4,7H,2,5-6,17H2,1H3/t12-/m1/s1. The Balaban J connectivity index is 2.51. The second-order valence-electron chi connectivity index (χ2n) is 4.51. The van der Waals surface area contributed by atoms with Gasteiger partial charge in [0.15, 0.2) is 0 Å². The quantitative estimate of drug-likeness (QED) is 0.852. The molecule has 0 amide bonds. The number of alkyl halides is 2. The Hall–Kier alpha value is -1.21. The van der Waals surface area contributed by atoms with Crippen LogP contribution in [0, 0.1) is 0 Å². The van der Waals surface area contributed by atoms with Crippen molar-refractivity contribution in [2.24, 2.45) is 5.73 Å². The summed E-state index contributed by atoms with van der Waals surface area (Å²) in [6.45, 7) is 1.35. The molecule has 7 heteroatoms. The van der Waals surface area contributed by atoms with E-state index in [0.717, 1.165) is 0 Å². The Bertz CT molecular complexity index is 538. The van der Waals surface area contributed by atoms with Crippen molar-refractivity contribution in [3.63, 3.8) is 0 Å². The molecule has 4 nitrogen and oxygen atoms in total. The number of carbonyl (C=O) groups is 1. The lowest BCUT2D eigenvalue weighted by atomic mass is 9.80. The zero-order valence-electron chi connectivity index (χ0n) is 10.8. The fourth-order valence-electron chi connectivity index (χ4n) is 2.16. The van der Waals surface area contributed by atoms with Crippen LogP contribution in [0.3, 0.4) is 0 Å². The van der Waals surface area contributed by atoms with Gasteiger partial charge in [0.05, 0.1) is 13.2 Å². The van der Waals surface area contributed by atoms with Gasteiger partial charge in [-0.05, 0) is 25.1 Å². The molecule has 1 aromatic rings. The van der Waals surface area contributed by atoms with Gasteiger partial charge in [0, 0.05) is 16.5 Å². The molecule has 0 unspecified atom stereocenters. The Morgan fingerprint density at radius 2 is 2.30 bits per heavy atom. The number of hydrogen-bond acceptors (Lipinski definition) is 4. The number of fused-ring (bicyclic) bond motifs is 1. The van der Waals surface area contributed by atoms with Gasteiger partial charge in [0.1, 0.15) is 11.3 Å². The van der Waals surface area contributed by atoms with E-state index >= 15 is 0 Å². The maximum absolute atomic E-state index is 14.4. The van der Waals surface area contributed by atoms with Crippen LogP contribution in [0.1, 0.15) is 18.9 Å². The number of esters is 1. The van der Waals surface area contributed by atoms with Crippen LogP contribution in [0.15, 0.2) is 22.7 Å². The van der Waals surface area contributed by atoms with Crippen molar-refractivity contribution in [1.82, 2.24) is 0 Å². The van der Waals surface area contributed by atoms with Gasteiger partial charge < -0.3 is 15.2 Å². The lowest BCUT2D eigenvalue weighted by Gasteiger charge is -2.39. The Labute approximate surface area is 123 Å². The molecule has 0 aliphatic carbocycles. The van der Waals surface area contributed by atoms with E-state index in [1.165, 1.54) is 13.0 Å². The van der Waals surface area contributed by atoms with Crippen molar-refractivity contribution in [2.75, 3.05) is 13.2 Å². The topological polar surface area (TPSA) is 61.5 Å². The largest absolute Gasteiger partial charge is 0.493 e. The average Bonchev–Trinajstić information content (AvgIpc) is 2.40. The van der Waals surface area contributed by atoms with Crippen LogP contribution in [-0.4, -0.2) is 25.1 Å².